The summed E-state index contributed by atoms with van der Waals surface area (Å²) in [7, 11) is 2.09. The zero-order valence-corrected chi connectivity index (χ0v) is 26.7. The topological polar surface area (TPSA) is 148 Å². The highest BCUT2D eigenvalue weighted by Gasteiger charge is 2.47. The van der Waals surface area contributed by atoms with Crippen LogP contribution in [0, 0.1) is 10.8 Å². The lowest BCUT2D eigenvalue weighted by atomic mass is 9.64. The highest BCUT2D eigenvalue weighted by atomic mass is 16.5. The molecule has 12 heteroatoms. The lowest BCUT2D eigenvalue weighted by Crippen LogP contribution is -2.39. The van der Waals surface area contributed by atoms with Crippen molar-refractivity contribution in [1.29, 1.82) is 5.41 Å². The van der Waals surface area contributed by atoms with E-state index in [4.69, 9.17) is 14.5 Å². The van der Waals surface area contributed by atoms with Crippen molar-refractivity contribution < 1.29 is 19.4 Å². The number of Topliss-reactive ketones (excluding diaryl/α,β-unsaturated/α-hetero) is 1. The Hall–Kier alpha value is -3.90. The van der Waals surface area contributed by atoms with Gasteiger partial charge in [-0.25, -0.2) is 9.67 Å². The summed E-state index contributed by atoms with van der Waals surface area (Å²) in [6.07, 6.45) is 11.6. The van der Waals surface area contributed by atoms with Gasteiger partial charge < -0.3 is 19.1 Å². The zero-order chi connectivity index (χ0) is 32.0. The molecule has 2 aliphatic carbocycles. The SMILES string of the molecule is C[C@H](Oc1cc(-n2cc3ccn(C4CCOCC4)c(=O)c3n2)nc(C(=N)C2=C(O)[C@]3(CCCCC3=O)CCC2)n1)[C@@H]1CCCN1C. The number of ketones is 1. The van der Waals surface area contributed by atoms with Gasteiger partial charge in [-0.15, -0.1) is 0 Å². The van der Waals surface area contributed by atoms with E-state index in [9.17, 15) is 20.1 Å². The molecule has 7 rings (SSSR count). The normalized spacial score (nSPS) is 25.4. The van der Waals surface area contributed by atoms with Gasteiger partial charge in [0.15, 0.2) is 17.2 Å². The molecule has 2 saturated heterocycles. The Morgan fingerprint density at radius 3 is 2.67 bits per heavy atom. The predicted octanol–water partition coefficient (Wildman–Crippen LogP) is 4.68. The number of fused-ring (bicyclic) bond motifs is 1. The average Bonchev–Trinajstić information content (AvgIpc) is 3.71. The predicted molar refractivity (Wildman–Crippen MR) is 172 cm³/mol. The molecule has 244 valence electrons. The number of allylic oxidation sites excluding steroid dienone is 2. The Kier molecular flexibility index (Phi) is 8.26. The molecule has 0 bridgehead atoms. The highest BCUT2D eigenvalue weighted by molar-refractivity contribution is 6.09. The molecule has 12 nitrogen and oxygen atoms in total. The van der Waals surface area contributed by atoms with Crippen LogP contribution in [0.3, 0.4) is 0 Å². The minimum atomic E-state index is -0.916. The van der Waals surface area contributed by atoms with E-state index >= 15 is 0 Å². The molecule has 2 aliphatic heterocycles. The second-order valence-corrected chi connectivity index (χ2v) is 13.4. The molecular weight excluding hydrogens is 586 g/mol. The van der Waals surface area contributed by atoms with E-state index in [0.29, 0.717) is 67.6 Å². The lowest BCUT2D eigenvalue weighted by Gasteiger charge is -2.39. The Labute approximate surface area is 267 Å². The van der Waals surface area contributed by atoms with Gasteiger partial charge in [0.2, 0.25) is 5.88 Å². The van der Waals surface area contributed by atoms with Gasteiger partial charge in [0.1, 0.15) is 23.4 Å². The number of nitrogens with one attached hydrogen (secondary N) is 1. The molecule has 3 fully saturated rings. The number of pyridine rings is 1. The summed E-state index contributed by atoms with van der Waals surface area (Å²) in [6.45, 7) is 4.27. The molecule has 0 aromatic carbocycles. The maximum absolute atomic E-state index is 13.5. The number of nitrogens with zero attached hydrogens (tertiary/aromatic N) is 6. The fourth-order valence-electron chi connectivity index (χ4n) is 7.97. The Bertz CT molecular complexity index is 1760. The average molecular weight is 630 g/mol. The van der Waals surface area contributed by atoms with E-state index in [2.05, 4.69) is 22.0 Å². The maximum Gasteiger partial charge on any atom is 0.279 e. The fourth-order valence-corrected chi connectivity index (χ4v) is 7.97. The molecule has 0 unspecified atom stereocenters. The van der Waals surface area contributed by atoms with E-state index < -0.39 is 5.41 Å². The molecule has 4 aliphatic rings. The second-order valence-electron chi connectivity index (χ2n) is 13.4. The molecular formula is C34H43N7O5. The molecule has 0 amide bonds. The number of aliphatic hydroxyl groups excluding tert-OH is 1. The second kappa shape index (κ2) is 12.4. The van der Waals surface area contributed by atoms with Crippen molar-refractivity contribution in [3.05, 3.63) is 52.0 Å². The van der Waals surface area contributed by atoms with Crippen LogP contribution < -0.4 is 10.3 Å². The number of likely N-dealkylation sites (tertiary alicyclic amines) is 1. The number of carbonyl (C=O) groups is 1. The van der Waals surface area contributed by atoms with Crippen LogP contribution in [-0.4, -0.2) is 84.8 Å². The molecule has 2 N–H and O–H groups in total. The number of carbonyl (C=O) groups excluding carboxylic acids is 1. The Balaban J connectivity index is 1.29. The lowest BCUT2D eigenvalue weighted by molar-refractivity contribution is -0.131. The van der Waals surface area contributed by atoms with Crippen LogP contribution in [-0.2, 0) is 9.53 Å². The summed E-state index contributed by atoms with van der Waals surface area (Å²) in [5, 5.41) is 26.1. The van der Waals surface area contributed by atoms with Gasteiger partial charge in [-0.05, 0) is 84.4 Å². The van der Waals surface area contributed by atoms with Crippen LogP contribution in [0.5, 0.6) is 5.88 Å². The van der Waals surface area contributed by atoms with E-state index in [1.165, 1.54) is 0 Å². The van der Waals surface area contributed by atoms with Crippen LogP contribution in [0.4, 0.5) is 0 Å². The number of hydrogen-bond acceptors (Lipinski definition) is 10. The van der Waals surface area contributed by atoms with E-state index in [1.54, 1.807) is 21.5 Å². The van der Waals surface area contributed by atoms with E-state index in [0.717, 1.165) is 45.1 Å². The number of aromatic nitrogens is 5. The summed E-state index contributed by atoms with van der Waals surface area (Å²) in [4.78, 5) is 38.4. The molecule has 3 aromatic rings. The smallest absolute Gasteiger partial charge is 0.279 e. The molecule has 0 radical (unpaired) electrons. The summed E-state index contributed by atoms with van der Waals surface area (Å²) in [6, 6.07) is 3.86. The first kappa shape index (κ1) is 30.7. The minimum Gasteiger partial charge on any atom is -0.511 e. The number of ether oxygens (including phenoxy) is 2. The molecule has 3 atom stereocenters. The first-order chi connectivity index (χ1) is 22.2. The third kappa shape index (κ3) is 5.45. The van der Waals surface area contributed by atoms with Crippen molar-refractivity contribution in [2.75, 3.05) is 26.8 Å². The maximum atomic E-state index is 13.5. The van der Waals surface area contributed by atoms with Crippen LogP contribution in [0.15, 0.2) is 40.7 Å². The Morgan fingerprint density at radius 2 is 1.91 bits per heavy atom. The minimum absolute atomic E-state index is 0.00404. The van der Waals surface area contributed by atoms with Gasteiger partial charge in [0, 0.05) is 61.1 Å². The number of likely N-dealkylation sites (N-methyl/N-ethyl adjacent to an activating group) is 1. The van der Waals surface area contributed by atoms with E-state index in [1.807, 2.05) is 19.2 Å². The van der Waals surface area contributed by atoms with Crippen molar-refractivity contribution >= 4 is 22.4 Å². The van der Waals surface area contributed by atoms with Crippen molar-refractivity contribution in [3.63, 3.8) is 0 Å². The van der Waals surface area contributed by atoms with Gasteiger partial charge in [0.25, 0.3) is 5.56 Å². The van der Waals surface area contributed by atoms with Gasteiger partial charge >= 0.3 is 0 Å². The standard InChI is InChI=1S/C34H43N7O5/c1-21(25-8-6-15-39(25)2)46-28-19-27(41-20-22-10-16-40(33(44)30(22)38-41)23-11-17-45-18-12-23)36-32(37-28)29(35)24-7-5-14-34(31(24)43)13-4-3-9-26(34)42/h10,16,19-21,23,25,35,43H,3-9,11-15,17-18H2,1-2H3/t21-,25-,34+/m0/s1. The summed E-state index contributed by atoms with van der Waals surface area (Å²) >= 11 is 0. The van der Waals surface area contributed by atoms with Crippen LogP contribution >= 0.6 is 0 Å². The van der Waals surface area contributed by atoms with Gasteiger partial charge in [-0.3, -0.25) is 19.9 Å². The third-order valence-corrected chi connectivity index (χ3v) is 10.6. The first-order valence-corrected chi connectivity index (χ1v) is 16.7. The van der Waals surface area contributed by atoms with Gasteiger partial charge in [0.05, 0.1) is 5.41 Å². The summed E-state index contributed by atoms with van der Waals surface area (Å²) in [5.41, 5.74) is -0.359. The van der Waals surface area contributed by atoms with Crippen molar-refractivity contribution in [2.24, 2.45) is 5.41 Å². The molecule has 46 heavy (non-hydrogen) atoms. The molecule has 1 spiro atoms. The van der Waals surface area contributed by atoms with Crippen molar-refractivity contribution in [1.82, 2.24) is 29.2 Å². The van der Waals surface area contributed by atoms with Crippen molar-refractivity contribution in [2.45, 2.75) is 95.7 Å². The van der Waals surface area contributed by atoms with E-state index in [-0.39, 0.29) is 52.7 Å². The number of hydrogen-bond donors (Lipinski definition) is 2. The van der Waals surface area contributed by atoms with Crippen LogP contribution in [0.2, 0.25) is 0 Å². The van der Waals surface area contributed by atoms with Crippen molar-refractivity contribution in [3.8, 4) is 11.7 Å². The highest BCUT2D eigenvalue weighted by Crippen LogP contribution is 2.48. The first-order valence-electron chi connectivity index (χ1n) is 16.7. The zero-order valence-electron chi connectivity index (χ0n) is 26.7. The fraction of sp³-hybridized carbons (Fsp3) is 0.588. The number of aliphatic hydroxyl groups is 1. The summed E-state index contributed by atoms with van der Waals surface area (Å²) < 4.78 is 15.2. The van der Waals surface area contributed by atoms with Gasteiger partial charge in [-0.2, -0.15) is 10.1 Å². The molecule has 3 aromatic heterocycles. The van der Waals surface area contributed by atoms with Crippen LogP contribution in [0.1, 0.15) is 89.4 Å². The summed E-state index contributed by atoms with van der Waals surface area (Å²) in [5.74, 6) is 0.786. The largest absolute Gasteiger partial charge is 0.511 e. The quantitative estimate of drug-likeness (QED) is 0.355. The third-order valence-electron chi connectivity index (χ3n) is 10.6. The molecule has 1 saturated carbocycles. The van der Waals surface area contributed by atoms with Gasteiger partial charge in [-0.1, -0.05) is 6.42 Å². The number of rotatable bonds is 7. The monoisotopic (exact) mass is 629 g/mol. The molecule has 5 heterocycles. The Morgan fingerprint density at radius 1 is 1.11 bits per heavy atom. The van der Waals surface area contributed by atoms with Crippen LogP contribution in [0.25, 0.3) is 16.7 Å².